The first-order valence-corrected chi connectivity index (χ1v) is 5.93. The predicted molar refractivity (Wildman–Crippen MR) is 61.2 cm³/mol. The van der Waals surface area contributed by atoms with Crippen LogP contribution >= 0.6 is 0 Å². The van der Waals surface area contributed by atoms with Crippen molar-refractivity contribution in [2.45, 2.75) is 39.1 Å². The second kappa shape index (κ2) is 6.33. The van der Waals surface area contributed by atoms with E-state index in [4.69, 9.17) is 9.63 Å². The van der Waals surface area contributed by atoms with Gasteiger partial charge in [-0.05, 0) is 13.0 Å². The molecule has 1 aromatic heterocycles. The van der Waals surface area contributed by atoms with Crippen LogP contribution in [0.1, 0.15) is 25.6 Å². The van der Waals surface area contributed by atoms with Crippen molar-refractivity contribution in [2.24, 2.45) is 5.92 Å². The maximum absolute atomic E-state index is 12.2. The van der Waals surface area contributed by atoms with Crippen LogP contribution in [0.3, 0.4) is 0 Å². The minimum Gasteiger partial charge on any atom is -0.382 e. The van der Waals surface area contributed by atoms with E-state index in [1.165, 1.54) is 11.9 Å². The van der Waals surface area contributed by atoms with E-state index in [0.717, 1.165) is 0 Å². The van der Waals surface area contributed by atoms with Gasteiger partial charge in [0.1, 0.15) is 0 Å². The van der Waals surface area contributed by atoms with Gasteiger partial charge >= 0.3 is 6.18 Å². The van der Waals surface area contributed by atoms with Gasteiger partial charge in [0.2, 0.25) is 5.89 Å². The van der Waals surface area contributed by atoms with Gasteiger partial charge in [-0.25, -0.2) is 0 Å². The summed E-state index contributed by atoms with van der Waals surface area (Å²) in [5, 5.41) is 12.6. The summed E-state index contributed by atoms with van der Waals surface area (Å²) in [7, 11) is 1.45. The van der Waals surface area contributed by atoms with Crippen LogP contribution < -0.4 is 0 Å². The Morgan fingerprint density at radius 2 is 2.00 bits per heavy atom. The summed E-state index contributed by atoms with van der Waals surface area (Å²) < 4.78 is 41.5. The first-order chi connectivity index (χ1) is 8.68. The molecule has 0 radical (unpaired) electrons. The Morgan fingerprint density at radius 1 is 1.37 bits per heavy atom. The Morgan fingerprint density at radius 3 is 2.53 bits per heavy atom. The van der Waals surface area contributed by atoms with Gasteiger partial charge < -0.3 is 9.63 Å². The van der Waals surface area contributed by atoms with E-state index in [-0.39, 0.29) is 6.54 Å². The molecule has 1 N–H and O–H groups in total. The number of aliphatic hydroxyl groups excluding tert-OH is 1. The van der Waals surface area contributed by atoms with Crippen LogP contribution in [0, 0.1) is 5.92 Å². The Balaban J connectivity index is 2.48. The lowest BCUT2D eigenvalue weighted by Crippen LogP contribution is -2.39. The summed E-state index contributed by atoms with van der Waals surface area (Å²) in [6.45, 7) is 3.55. The number of aromatic nitrogens is 2. The van der Waals surface area contributed by atoms with Crippen LogP contribution in [0.2, 0.25) is 0 Å². The average molecular weight is 281 g/mol. The molecule has 1 heterocycles. The highest BCUT2D eigenvalue weighted by Gasteiger charge is 2.38. The maximum atomic E-state index is 12.2. The third kappa shape index (κ3) is 5.56. The quantitative estimate of drug-likeness (QED) is 0.858. The number of hydrogen-bond donors (Lipinski definition) is 1. The Bertz CT molecular complexity index is 393. The van der Waals surface area contributed by atoms with Crippen molar-refractivity contribution in [3.05, 3.63) is 11.7 Å². The van der Waals surface area contributed by atoms with Crippen LogP contribution in [-0.4, -0.2) is 46.0 Å². The van der Waals surface area contributed by atoms with E-state index >= 15 is 0 Å². The number of hydrogen-bond acceptors (Lipinski definition) is 5. The average Bonchev–Trinajstić information content (AvgIpc) is 2.62. The molecule has 110 valence electrons. The van der Waals surface area contributed by atoms with Gasteiger partial charge in [0.25, 0.3) is 0 Å². The molecule has 1 rings (SSSR count). The predicted octanol–water partition coefficient (Wildman–Crippen LogP) is 1.62. The van der Waals surface area contributed by atoms with Crippen molar-refractivity contribution in [1.82, 2.24) is 15.0 Å². The molecule has 8 heteroatoms. The third-order valence-electron chi connectivity index (χ3n) is 2.37. The van der Waals surface area contributed by atoms with Crippen LogP contribution in [0.4, 0.5) is 13.2 Å². The minimum absolute atomic E-state index is 0.0920. The molecule has 0 amide bonds. The number of likely N-dealkylation sites (N-methyl/N-ethyl adjacent to an activating group) is 1. The van der Waals surface area contributed by atoms with Gasteiger partial charge in [-0.1, -0.05) is 19.0 Å². The fourth-order valence-electron chi connectivity index (χ4n) is 1.49. The summed E-state index contributed by atoms with van der Waals surface area (Å²) in [5.74, 6) is 1.14. The van der Waals surface area contributed by atoms with E-state index in [2.05, 4.69) is 10.1 Å². The summed E-state index contributed by atoms with van der Waals surface area (Å²) in [5.41, 5.74) is 0. The fraction of sp³-hybridized carbons (Fsp3) is 0.818. The van der Waals surface area contributed by atoms with Gasteiger partial charge in [-0.2, -0.15) is 18.2 Å². The Hall–Kier alpha value is -1.15. The summed E-state index contributed by atoms with van der Waals surface area (Å²) in [6.07, 6.45) is -6.37. The molecule has 0 saturated heterocycles. The van der Waals surface area contributed by atoms with Crippen molar-refractivity contribution >= 4 is 0 Å². The van der Waals surface area contributed by atoms with Crippen molar-refractivity contribution < 1.29 is 22.8 Å². The molecule has 1 atom stereocenters. The van der Waals surface area contributed by atoms with E-state index < -0.39 is 18.8 Å². The largest absolute Gasteiger partial charge is 0.415 e. The highest BCUT2D eigenvalue weighted by molar-refractivity contribution is 4.87. The van der Waals surface area contributed by atoms with E-state index in [1.54, 1.807) is 0 Å². The summed E-state index contributed by atoms with van der Waals surface area (Å²) in [6, 6.07) is 0. The molecule has 0 saturated carbocycles. The molecule has 0 aliphatic carbocycles. The lowest BCUT2D eigenvalue weighted by Gasteiger charge is -2.20. The van der Waals surface area contributed by atoms with Gasteiger partial charge in [-0.15, -0.1) is 0 Å². The standard InChI is InChI=1S/C11H18F3N3O2/c1-7(2)4-10-15-9(16-19-10)6-17(3)5-8(18)11(12,13)14/h7-8,18H,4-6H2,1-3H3. The molecule has 0 bridgehead atoms. The van der Waals surface area contributed by atoms with Crippen molar-refractivity contribution in [2.75, 3.05) is 13.6 Å². The number of alkyl halides is 3. The molecule has 19 heavy (non-hydrogen) atoms. The lowest BCUT2D eigenvalue weighted by atomic mass is 10.1. The fourth-order valence-corrected chi connectivity index (χ4v) is 1.49. The molecular formula is C11H18F3N3O2. The molecule has 1 aromatic rings. The zero-order valence-corrected chi connectivity index (χ0v) is 11.1. The zero-order valence-electron chi connectivity index (χ0n) is 11.1. The molecule has 5 nitrogen and oxygen atoms in total. The molecular weight excluding hydrogens is 263 g/mol. The SMILES string of the molecule is CC(C)Cc1nc(CN(C)CC(O)C(F)(F)F)no1. The highest BCUT2D eigenvalue weighted by Crippen LogP contribution is 2.20. The minimum atomic E-state index is -4.62. The molecule has 0 aliphatic rings. The monoisotopic (exact) mass is 281 g/mol. The first kappa shape index (κ1) is 15.9. The van der Waals surface area contributed by atoms with Crippen LogP contribution in [0.25, 0.3) is 0 Å². The molecule has 0 aliphatic heterocycles. The Labute approximate surface area is 109 Å². The Kier molecular flexibility index (Phi) is 5.30. The van der Waals surface area contributed by atoms with Crippen LogP contribution in [0.15, 0.2) is 4.52 Å². The second-order valence-electron chi connectivity index (χ2n) is 4.96. The second-order valence-corrected chi connectivity index (χ2v) is 4.96. The number of rotatable bonds is 6. The highest BCUT2D eigenvalue weighted by atomic mass is 19.4. The number of nitrogens with zero attached hydrogens (tertiary/aromatic N) is 3. The van der Waals surface area contributed by atoms with Crippen molar-refractivity contribution in [3.8, 4) is 0 Å². The van der Waals surface area contributed by atoms with Crippen molar-refractivity contribution in [1.29, 1.82) is 0 Å². The van der Waals surface area contributed by atoms with Crippen LogP contribution in [0.5, 0.6) is 0 Å². The normalized spacial score (nSPS) is 14.4. The lowest BCUT2D eigenvalue weighted by molar-refractivity contribution is -0.207. The zero-order chi connectivity index (χ0) is 14.6. The number of aliphatic hydroxyl groups is 1. The number of halogens is 3. The van der Waals surface area contributed by atoms with E-state index in [1.807, 2.05) is 13.8 Å². The third-order valence-corrected chi connectivity index (χ3v) is 2.37. The van der Waals surface area contributed by atoms with Gasteiger partial charge in [0, 0.05) is 13.0 Å². The molecule has 1 unspecified atom stereocenters. The molecule has 0 aromatic carbocycles. The van der Waals surface area contributed by atoms with Crippen LogP contribution in [-0.2, 0) is 13.0 Å². The van der Waals surface area contributed by atoms with E-state index in [9.17, 15) is 13.2 Å². The van der Waals surface area contributed by atoms with Gasteiger partial charge in [-0.3, -0.25) is 4.90 Å². The van der Waals surface area contributed by atoms with Crippen molar-refractivity contribution in [3.63, 3.8) is 0 Å². The first-order valence-electron chi connectivity index (χ1n) is 5.93. The molecule has 0 fully saturated rings. The van der Waals surface area contributed by atoms with Gasteiger partial charge in [0.05, 0.1) is 6.54 Å². The summed E-state index contributed by atoms with van der Waals surface area (Å²) in [4.78, 5) is 5.37. The molecule has 0 spiro atoms. The maximum Gasteiger partial charge on any atom is 0.415 e. The summed E-state index contributed by atoms with van der Waals surface area (Å²) >= 11 is 0. The smallest absolute Gasteiger partial charge is 0.382 e. The van der Waals surface area contributed by atoms with E-state index in [0.29, 0.717) is 24.1 Å². The topological polar surface area (TPSA) is 62.4 Å². The van der Waals surface area contributed by atoms with Gasteiger partial charge in [0.15, 0.2) is 11.9 Å².